The summed E-state index contributed by atoms with van der Waals surface area (Å²) in [4.78, 5) is 11.2. The number of hydrogen-bond acceptors (Lipinski definition) is 4. The van der Waals surface area contributed by atoms with Crippen molar-refractivity contribution in [3.05, 3.63) is 35.9 Å². The van der Waals surface area contributed by atoms with Crippen LogP contribution in [0.25, 0.3) is 0 Å². The Kier molecular flexibility index (Phi) is 6.99. The number of sulfonamides is 1. The summed E-state index contributed by atoms with van der Waals surface area (Å²) in [6.07, 6.45) is -0.412. The maximum absolute atomic E-state index is 12.2. The van der Waals surface area contributed by atoms with E-state index in [2.05, 4.69) is 4.72 Å². The van der Waals surface area contributed by atoms with Crippen molar-refractivity contribution in [1.82, 2.24) is 4.72 Å². The molecule has 0 saturated heterocycles. The number of aliphatic carboxylic acids is 1. The van der Waals surface area contributed by atoms with Crippen LogP contribution in [-0.4, -0.2) is 38.4 Å². The fraction of sp³-hybridized carbons (Fsp3) is 0.533. The van der Waals surface area contributed by atoms with Gasteiger partial charge in [-0.25, -0.2) is 13.1 Å². The molecule has 0 amide bonds. The summed E-state index contributed by atoms with van der Waals surface area (Å²) in [5, 5.41) is 9.14. The zero-order valence-corrected chi connectivity index (χ0v) is 13.8. The summed E-state index contributed by atoms with van der Waals surface area (Å²) < 4.78 is 31.9. The molecule has 7 heteroatoms. The number of carbonyl (C=O) groups is 1. The molecule has 0 heterocycles. The molecule has 2 atom stereocenters. The van der Waals surface area contributed by atoms with Crippen molar-refractivity contribution >= 4 is 16.0 Å². The molecule has 0 radical (unpaired) electrons. The molecule has 0 aliphatic rings. The summed E-state index contributed by atoms with van der Waals surface area (Å²) in [6, 6.07) is 7.82. The van der Waals surface area contributed by atoms with Crippen molar-refractivity contribution in [3.8, 4) is 0 Å². The standard InChI is InChI=1S/C15H23NO5S/c1-11(2)9-13(15(17)18)16-22(19,20)10-14(21-3)12-7-5-4-6-8-12/h4-8,11,13-14,16H,9-10H2,1-3H3,(H,17,18)/t13-,14?/m1/s1. The minimum Gasteiger partial charge on any atom is -0.480 e. The van der Waals surface area contributed by atoms with Crippen LogP contribution in [-0.2, 0) is 19.6 Å². The van der Waals surface area contributed by atoms with Gasteiger partial charge in [0.15, 0.2) is 0 Å². The van der Waals surface area contributed by atoms with Gasteiger partial charge in [-0.1, -0.05) is 44.2 Å². The summed E-state index contributed by atoms with van der Waals surface area (Å²) in [6.45, 7) is 3.68. The second kappa shape index (κ2) is 8.26. The van der Waals surface area contributed by atoms with Crippen LogP contribution in [0, 0.1) is 5.92 Å². The van der Waals surface area contributed by atoms with Gasteiger partial charge in [0, 0.05) is 7.11 Å². The molecule has 0 aliphatic heterocycles. The molecule has 2 N–H and O–H groups in total. The lowest BCUT2D eigenvalue weighted by molar-refractivity contribution is -0.139. The van der Waals surface area contributed by atoms with Gasteiger partial charge in [-0.15, -0.1) is 0 Å². The van der Waals surface area contributed by atoms with Crippen molar-refractivity contribution in [2.75, 3.05) is 12.9 Å². The molecule has 0 saturated carbocycles. The first-order valence-corrected chi connectivity index (χ1v) is 8.71. The van der Waals surface area contributed by atoms with E-state index in [9.17, 15) is 13.2 Å². The third kappa shape index (κ3) is 6.13. The van der Waals surface area contributed by atoms with Gasteiger partial charge in [-0.2, -0.15) is 0 Å². The SMILES string of the molecule is COC(CS(=O)(=O)N[C@H](CC(C)C)C(=O)O)c1ccccc1. The minimum atomic E-state index is -3.79. The van der Waals surface area contributed by atoms with Crippen molar-refractivity contribution < 1.29 is 23.1 Å². The molecule has 1 rings (SSSR count). The van der Waals surface area contributed by atoms with E-state index in [1.54, 1.807) is 24.3 Å². The normalized spacial score (nSPS) is 14.7. The lowest BCUT2D eigenvalue weighted by Crippen LogP contribution is -2.43. The van der Waals surface area contributed by atoms with Gasteiger partial charge in [0.1, 0.15) is 6.04 Å². The monoisotopic (exact) mass is 329 g/mol. The summed E-state index contributed by atoms with van der Waals surface area (Å²) >= 11 is 0. The molecule has 22 heavy (non-hydrogen) atoms. The topological polar surface area (TPSA) is 92.7 Å². The molecule has 0 spiro atoms. The predicted octanol–water partition coefficient (Wildman–Crippen LogP) is 1.79. The highest BCUT2D eigenvalue weighted by Gasteiger charge is 2.27. The molecule has 0 aromatic heterocycles. The first-order chi connectivity index (χ1) is 10.2. The fourth-order valence-corrected chi connectivity index (χ4v) is 3.56. The van der Waals surface area contributed by atoms with Gasteiger partial charge < -0.3 is 9.84 Å². The van der Waals surface area contributed by atoms with Crippen molar-refractivity contribution in [3.63, 3.8) is 0 Å². The largest absolute Gasteiger partial charge is 0.480 e. The van der Waals surface area contributed by atoms with E-state index in [0.29, 0.717) is 0 Å². The van der Waals surface area contributed by atoms with E-state index >= 15 is 0 Å². The van der Waals surface area contributed by atoms with E-state index in [1.807, 2.05) is 19.9 Å². The molecule has 1 unspecified atom stereocenters. The molecular weight excluding hydrogens is 306 g/mol. The highest BCUT2D eigenvalue weighted by molar-refractivity contribution is 7.89. The van der Waals surface area contributed by atoms with Gasteiger partial charge in [0.25, 0.3) is 0 Å². The van der Waals surface area contributed by atoms with E-state index in [-0.39, 0.29) is 18.1 Å². The average molecular weight is 329 g/mol. The van der Waals surface area contributed by atoms with Gasteiger partial charge in [0.05, 0.1) is 11.9 Å². The third-order valence-corrected chi connectivity index (χ3v) is 4.54. The smallest absolute Gasteiger partial charge is 0.321 e. The predicted molar refractivity (Wildman–Crippen MR) is 84.0 cm³/mol. The zero-order chi connectivity index (χ0) is 16.8. The van der Waals surface area contributed by atoms with E-state index in [4.69, 9.17) is 9.84 Å². The number of methoxy groups -OCH3 is 1. The van der Waals surface area contributed by atoms with Crippen molar-refractivity contribution in [2.24, 2.45) is 5.92 Å². The van der Waals surface area contributed by atoms with Crippen LogP contribution >= 0.6 is 0 Å². The minimum absolute atomic E-state index is 0.0659. The number of carboxylic acid groups (broad SMARTS) is 1. The quantitative estimate of drug-likeness (QED) is 0.720. The van der Waals surface area contributed by atoms with Crippen LogP contribution in [0.1, 0.15) is 31.9 Å². The van der Waals surface area contributed by atoms with Crippen LogP contribution in [0.5, 0.6) is 0 Å². The number of carboxylic acids is 1. The molecule has 124 valence electrons. The number of rotatable bonds is 9. The number of benzene rings is 1. The van der Waals surface area contributed by atoms with E-state index in [1.165, 1.54) is 7.11 Å². The number of nitrogens with one attached hydrogen (secondary N) is 1. The highest BCUT2D eigenvalue weighted by Crippen LogP contribution is 2.18. The molecule has 0 fully saturated rings. The second-order valence-corrected chi connectivity index (χ2v) is 7.35. The Balaban J connectivity index is 2.82. The van der Waals surface area contributed by atoms with Gasteiger partial charge in [-0.05, 0) is 17.9 Å². The first-order valence-electron chi connectivity index (χ1n) is 7.05. The molecule has 0 bridgehead atoms. The third-order valence-electron chi connectivity index (χ3n) is 3.15. The Bertz CT molecular complexity index is 571. The number of ether oxygens (including phenoxy) is 1. The van der Waals surface area contributed by atoms with Crippen LogP contribution < -0.4 is 4.72 Å². The van der Waals surface area contributed by atoms with Gasteiger partial charge >= 0.3 is 5.97 Å². The molecule has 6 nitrogen and oxygen atoms in total. The van der Waals surface area contributed by atoms with Crippen LogP contribution in [0.15, 0.2) is 30.3 Å². The molecule has 1 aromatic carbocycles. The lowest BCUT2D eigenvalue weighted by Gasteiger charge is -2.20. The Labute approximate surface area is 131 Å². The van der Waals surface area contributed by atoms with Crippen molar-refractivity contribution in [1.29, 1.82) is 0 Å². The Morgan fingerprint density at radius 2 is 1.86 bits per heavy atom. The van der Waals surface area contributed by atoms with Crippen molar-refractivity contribution in [2.45, 2.75) is 32.4 Å². The van der Waals surface area contributed by atoms with Gasteiger partial charge in [-0.3, -0.25) is 4.79 Å². The van der Waals surface area contributed by atoms with Crippen LogP contribution in [0.2, 0.25) is 0 Å². The fourth-order valence-electron chi connectivity index (χ4n) is 2.10. The summed E-state index contributed by atoms with van der Waals surface area (Å²) in [5.74, 6) is -1.43. The van der Waals surface area contributed by atoms with Crippen LogP contribution in [0.4, 0.5) is 0 Å². The molecular formula is C15H23NO5S. The second-order valence-electron chi connectivity index (χ2n) is 5.55. The van der Waals surface area contributed by atoms with E-state index in [0.717, 1.165) is 5.56 Å². The number of hydrogen-bond donors (Lipinski definition) is 2. The Hall–Kier alpha value is -1.44. The Morgan fingerprint density at radius 1 is 1.27 bits per heavy atom. The van der Waals surface area contributed by atoms with Crippen LogP contribution in [0.3, 0.4) is 0 Å². The Morgan fingerprint density at radius 3 is 2.32 bits per heavy atom. The molecule has 0 aliphatic carbocycles. The zero-order valence-electron chi connectivity index (χ0n) is 13.0. The summed E-state index contributed by atoms with van der Waals surface area (Å²) in [7, 11) is -2.36. The molecule has 1 aromatic rings. The maximum atomic E-state index is 12.2. The maximum Gasteiger partial charge on any atom is 0.321 e. The van der Waals surface area contributed by atoms with E-state index < -0.39 is 28.1 Å². The first kappa shape index (κ1) is 18.6. The average Bonchev–Trinajstić information content (AvgIpc) is 2.44. The summed E-state index contributed by atoms with van der Waals surface area (Å²) in [5.41, 5.74) is 0.728. The highest BCUT2D eigenvalue weighted by atomic mass is 32.2. The lowest BCUT2D eigenvalue weighted by atomic mass is 10.1. The van der Waals surface area contributed by atoms with Gasteiger partial charge in [0.2, 0.25) is 10.0 Å².